The second kappa shape index (κ2) is 60.3. The molecule has 0 saturated heterocycles. The number of allylic oxidation sites excluding steroid dienone is 8. The molecule has 0 aromatic rings. The van der Waals surface area contributed by atoms with E-state index in [0.29, 0.717) is 23.9 Å². The Hall–Kier alpha value is -2.75. The lowest BCUT2D eigenvalue weighted by molar-refractivity contribution is -0.870. The van der Waals surface area contributed by atoms with Gasteiger partial charge in [-0.15, -0.1) is 0 Å². The summed E-state index contributed by atoms with van der Waals surface area (Å²) in [6.45, 7) is 4.69. The summed E-state index contributed by atoms with van der Waals surface area (Å²) in [6, 6.07) is 0. The molecule has 9 nitrogen and oxygen atoms in total. The summed E-state index contributed by atoms with van der Waals surface area (Å²) >= 11 is 0. The number of esters is 2. The highest BCUT2D eigenvalue weighted by Gasteiger charge is 2.22. The van der Waals surface area contributed by atoms with Crippen LogP contribution in [0.25, 0.3) is 0 Å². The number of carbonyl (C=O) groups is 3. The monoisotopic (exact) mass is 1100 g/mol. The number of likely N-dealkylation sites (N-methyl/N-ethyl adjacent to an activating group) is 1. The van der Waals surface area contributed by atoms with E-state index in [1.54, 1.807) is 0 Å². The number of carbonyl (C=O) groups excluding carboxylic acids is 3. The van der Waals surface area contributed by atoms with Crippen LogP contribution < -0.4 is 5.11 Å². The smallest absolute Gasteiger partial charge is 0.306 e. The van der Waals surface area contributed by atoms with E-state index in [4.69, 9.17) is 18.9 Å². The molecular formula is C69H127NO8. The predicted molar refractivity (Wildman–Crippen MR) is 329 cm³/mol. The molecule has 0 aromatic carbocycles. The van der Waals surface area contributed by atoms with E-state index in [2.05, 4.69) is 62.5 Å². The molecule has 0 amide bonds. The number of carboxylic acid groups (broad SMARTS) is 1. The zero-order valence-electron chi connectivity index (χ0n) is 52.0. The summed E-state index contributed by atoms with van der Waals surface area (Å²) < 4.78 is 22.8. The fraction of sp³-hybridized carbons (Fsp3) is 0.841. The maximum Gasteiger partial charge on any atom is 0.306 e. The van der Waals surface area contributed by atoms with Crippen LogP contribution in [0.1, 0.15) is 316 Å². The van der Waals surface area contributed by atoms with Crippen molar-refractivity contribution in [3.05, 3.63) is 48.6 Å². The first kappa shape index (κ1) is 75.2. The van der Waals surface area contributed by atoms with Gasteiger partial charge in [-0.3, -0.25) is 9.59 Å². The molecule has 0 aliphatic rings. The standard InChI is InChI=1S/C69H127NO8/c1-6-8-10-12-14-16-18-20-22-24-26-28-30-32-33-34-35-36-38-40-42-44-46-48-50-52-54-56-58-60-67(72)78-65(64-77-69(68(73)74)75-62-61-70(3,4)5)63-76-66(71)59-57-55-53-51-49-47-45-43-41-39-37-31-29-27-25-23-21-19-17-15-13-11-9-7-2/h8,10,14,16,20,22,26,28,65,69H,6-7,9,11-13,15,17-19,21,23-25,27,29-64H2,1-5H3/b10-8-,16-14-,22-20-,28-26-. The number of carboxylic acids is 1. The lowest BCUT2D eigenvalue weighted by Gasteiger charge is -2.26. The summed E-state index contributed by atoms with van der Waals surface area (Å²) in [4.78, 5) is 37.4. The third-order valence-corrected chi connectivity index (χ3v) is 14.8. The summed E-state index contributed by atoms with van der Waals surface area (Å²) in [5.41, 5.74) is 0. The SMILES string of the molecule is CC/C=C\C/C=C\C/C=C\C/C=C\CCCCCCCCCCCCCCCCCCC(=O)OC(COC(=O)CCCCCCCCCCCCCCCCCCCCCCCCCC)COC(OCC[N+](C)(C)C)C(=O)[O-]. The van der Waals surface area contributed by atoms with Crippen LogP contribution in [-0.2, 0) is 33.3 Å². The quantitative estimate of drug-likeness (QED) is 0.0195. The van der Waals surface area contributed by atoms with E-state index < -0.39 is 24.3 Å². The Labute approximate surface area is 482 Å². The van der Waals surface area contributed by atoms with Gasteiger partial charge in [-0.2, -0.15) is 0 Å². The van der Waals surface area contributed by atoms with Crippen molar-refractivity contribution >= 4 is 17.9 Å². The van der Waals surface area contributed by atoms with Gasteiger partial charge in [0.05, 0.1) is 40.3 Å². The van der Waals surface area contributed by atoms with Gasteiger partial charge in [-0.1, -0.05) is 300 Å². The Kier molecular flexibility index (Phi) is 58.2. The molecule has 0 radical (unpaired) electrons. The number of nitrogens with zero attached hydrogens (tertiary/aromatic N) is 1. The average Bonchev–Trinajstić information content (AvgIpc) is 3.41. The fourth-order valence-electron chi connectivity index (χ4n) is 9.77. The first-order chi connectivity index (χ1) is 38.1. The number of rotatable bonds is 62. The molecule has 0 bridgehead atoms. The summed E-state index contributed by atoms with van der Waals surface area (Å²) in [7, 11) is 5.94. The molecule has 78 heavy (non-hydrogen) atoms. The molecule has 0 rings (SSSR count). The third-order valence-electron chi connectivity index (χ3n) is 14.8. The van der Waals surface area contributed by atoms with Gasteiger partial charge in [0, 0.05) is 12.8 Å². The van der Waals surface area contributed by atoms with Gasteiger partial charge in [0.1, 0.15) is 13.2 Å². The Morgan fingerprint density at radius 2 is 0.731 bits per heavy atom. The highest BCUT2D eigenvalue weighted by Crippen LogP contribution is 2.18. The number of hydrogen-bond donors (Lipinski definition) is 0. The van der Waals surface area contributed by atoms with Gasteiger partial charge in [-0.25, -0.2) is 0 Å². The fourth-order valence-corrected chi connectivity index (χ4v) is 9.77. The zero-order valence-corrected chi connectivity index (χ0v) is 52.0. The van der Waals surface area contributed by atoms with Crippen LogP contribution in [0.4, 0.5) is 0 Å². The summed E-state index contributed by atoms with van der Waals surface area (Å²) in [5.74, 6) is -2.26. The zero-order chi connectivity index (χ0) is 56.9. The van der Waals surface area contributed by atoms with Crippen molar-refractivity contribution in [2.75, 3.05) is 47.5 Å². The van der Waals surface area contributed by atoms with Gasteiger partial charge in [0.15, 0.2) is 12.4 Å². The minimum absolute atomic E-state index is 0.150. The maximum absolute atomic E-state index is 12.9. The van der Waals surface area contributed by atoms with Crippen LogP contribution in [0.5, 0.6) is 0 Å². The van der Waals surface area contributed by atoms with E-state index in [-0.39, 0.29) is 32.2 Å². The van der Waals surface area contributed by atoms with E-state index in [1.807, 2.05) is 21.1 Å². The molecule has 0 aliphatic heterocycles. The summed E-state index contributed by atoms with van der Waals surface area (Å²) in [5, 5.41) is 11.8. The van der Waals surface area contributed by atoms with Crippen LogP contribution >= 0.6 is 0 Å². The highest BCUT2D eigenvalue weighted by molar-refractivity contribution is 5.70. The van der Waals surface area contributed by atoms with Crippen LogP contribution in [-0.4, -0.2) is 82.3 Å². The maximum atomic E-state index is 12.9. The second-order valence-corrected chi connectivity index (χ2v) is 23.7. The minimum atomic E-state index is -1.62. The van der Waals surface area contributed by atoms with E-state index in [9.17, 15) is 19.5 Å². The molecule has 0 saturated carbocycles. The molecule has 0 aromatic heterocycles. The molecule has 0 heterocycles. The van der Waals surface area contributed by atoms with Gasteiger partial charge in [-0.05, 0) is 51.4 Å². The Balaban J connectivity index is 4.11. The van der Waals surface area contributed by atoms with Crippen molar-refractivity contribution in [2.45, 2.75) is 328 Å². The Morgan fingerprint density at radius 1 is 0.397 bits per heavy atom. The van der Waals surface area contributed by atoms with Crippen LogP contribution in [0.3, 0.4) is 0 Å². The average molecular weight is 1100 g/mol. The van der Waals surface area contributed by atoms with Crippen molar-refractivity contribution in [1.29, 1.82) is 0 Å². The van der Waals surface area contributed by atoms with Crippen molar-refractivity contribution in [3.63, 3.8) is 0 Å². The molecule has 0 N–H and O–H groups in total. The molecule has 456 valence electrons. The van der Waals surface area contributed by atoms with E-state index in [1.165, 1.54) is 225 Å². The number of hydrogen-bond acceptors (Lipinski definition) is 8. The van der Waals surface area contributed by atoms with Crippen LogP contribution in [0, 0.1) is 0 Å². The molecular weight excluding hydrogens is 971 g/mol. The molecule has 9 heteroatoms. The first-order valence-corrected chi connectivity index (χ1v) is 33.3. The number of quaternary nitrogens is 1. The Morgan fingerprint density at radius 3 is 1.09 bits per heavy atom. The lowest BCUT2D eigenvalue weighted by Crippen LogP contribution is -2.44. The lowest BCUT2D eigenvalue weighted by atomic mass is 10.0. The predicted octanol–water partition coefficient (Wildman–Crippen LogP) is 18.9. The minimum Gasteiger partial charge on any atom is -0.545 e. The molecule has 0 aliphatic carbocycles. The number of aliphatic carboxylic acids is 1. The van der Waals surface area contributed by atoms with Crippen molar-refractivity contribution in [3.8, 4) is 0 Å². The third kappa shape index (κ3) is 60.9. The Bertz CT molecular complexity index is 1420. The van der Waals surface area contributed by atoms with Crippen LogP contribution in [0.15, 0.2) is 48.6 Å². The molecule has 0 spiro atoms. The molecule has 2 atom stereocenters. The topological polar surface area (TPSA) is 111 Å². The summed E-state index contributed by atoms with van der Waals surface area (Å²) in [6.07, 6.45) is 73.2. The van der Waals surface area contributed by atoms with Crippen molar-refractivity contribution in [1.82, 2.24) is 0 Å². The number of unbranched alkanes of at least 4 members (excludes halogenated alkanes) is 39. The van der Waals surface area contributed by atoms with Gasteiger partial charge < -0.3 is 33.3 Å². The largest absolute Gasteiger partial charge is 0.545 e. The number of ether oxygens (including phenoxy) is 4. The van der Waals surface area contributed by atoms with E-state index >= 15 is 0 Å². The normalized spacial score (nSPS) is 13.0. The second-order valence-electron chi connectivity index (χ2n) is 23.7. The van der Waals surface area contributed by atoms with Gasteiger partial charge in [0.25, 0.3) is 0 Å². The molecule has 0 fully saturated rings. The van der Waals surface area contributed by atoms with Crippen molar-refractivity contribution < 1.29 is 42.9 Å². The van der Waals surface area contributed by atoms with Gasteiger partial charge in [0.2, 0.25) is 0 Å². The van der Waals surface area contributed by atoms with Gasteiger partial charge >= 0.3 is 11.9 Å². The van der Waals surface area contributed by atoms with Crippen molar-refractivity contribution in [2.24, 2.45) is 0 Å². The highest BCUT2D eigenvalue weighted by atomic mass is 16.7. The van der Waals surface area contributed by atoms with Crippen LogP contribution in [0.2, 0.25) is 0 Å². The van der Waals surface area contributed by atoms with E-state index in [0.717, 1.165) is 57.8 Å². The molecule has 2 unspecified atom stereocenters. The first-order valence-electron chi connectivity index (χ1n) is 33.3.